The number of hydrogen-bond acceptors (Lipinski definition) is 2. The van der Waals surface area contributed by atoms with E-state index in [4.69, 9.17) is 5.73 Å². The van der Waals surface area contributed by atoms with Crippen molar-refractivity contribution < 1.29 is 4.79 Å². The zero-order chi connectivity index (χ0) is 14.3. The Hall–Kier alpha value is -1.22. The molecule has 0 aliphatic heterocycles. The number of hydrogen-bond donors (Lipinski definition) is 1. The van der Waals surface area contributed by atoms with E-state index in [2.05, 4.69) is 13.8 Å². The molecule has 1 aromatic rings. The molecule has 2 N–H and O–H groups in total. The standard InChI is InChI=1S/C16H26N2O.ClH/c1-13(2)11-12-18(3)16(19)10-6-8-14-7-4-5-9-15(14)17;/h4-5,7,9,13H,6,8,10-12,17H2,1-3H3;1H. The fraction of sp³-hybridized carbons (Fsp3) is 0.562. The SMILES string of the molecule is CC(C)CCN(C)C(=O)CCCc1ccccc1N.Cl. The molecule has 114 valence electrons. The van der Waals surface area contributed by atoms with Gasteiger partial charge >= 0.3 is 0 Å². The minimum Gasteiger partial charge on any atom is -0.399 e. The second-order valence-electron chi connectivity index (χ2n) is 5.55. The van der Waals surface area contributed by atoms with Gasteiger partial charge in [-0.05, 0) is 36.8 Å². The minimum atomic E-state index is 0. The summed E-state index contributed by atoms with van der Waals surface area (Å²) in [6.45, 7) is 5.21. The van der Waals surface area contributed by atoms with E-state index in [1.54, 1.807) is 0 Å². The van der Waals surface area contributed by atoms with E-state index in [0.29, 0.717) is 12.3 Å². The summed E-state index contributed by atoms with van der Waals surface area (Å²) in [6, 6.07) is 7.86. The van der Waals surface area contributed by atoms with Gasteiger partial charge in [0.05, 0.1) is 0 Å². The van der Waals surface area contributed by atoms with Crippen molar-refractivity contribution in [2.75, 3.05) is 19.3 Å². The molecule has 1 rings (SSSR count). The number of amides is 1. The lowest BCUT2D eigenvalue weighted by molar-refractivity contribution is -0.130. The Morgan fingerprint density at radius 3 is 2.55 bits per heavy atom. The Morgan fingerprint density at radius 2 is 1.95 bits per heavy atom. The van der Waals surface area contributed by atoms with Gasteiger partial charge in [0, 0.05) is 25.7 Å². The van der Waals surface area contributed by atoms with Gasteiger partial charge in [0.1, 0.15) is 0 Å². The van der Waals surface area contributed by atoms with Gasteiger partial charge in [-0.25, -0.2) is 0 Å². The van der Waals surface area contributed by atoms with Crippen LogP contribution < -0.4 is 5.73 Å². The molecule has 0 unspecified atom stereocenters. The van der Waals surface area contributed by atoms with Gasteiger partial charge in [0.25, 0.3) is 0 Å². The van der Waals surface area contributed by atoms with Gasteiger partial charge in [0.2, 0.25) is 5.91 Å². The Morgan fingerprint density at radius 1 is 1.30 bits per heavy atom. The topological polar surface area (TPSA) is 46.3 Å². The summed E-state index contributed by atoms with van der Waals surface area (Å²) >= 11 is 0. The van der Waals surface area contributed by atoms with Crippen LogP contribution in [0.15, 0.2) is 24.3 Å². The van der Waals surface area contributed by atoms with Crippen LogP contribution in [-0.2, 0) is 11.2 Å². The number of aryl methyl sites for hydroxylation is 1. The summed E-state index contributed by atoms with van der Waals surface area (Å²) < 4.78 is 0. The van der Waals surface area contributed by atoms with Gasteiger partial charge in [-0.3, -0.25) is 4.79 Å². The molecular weight excluding hydrogens is 272 g/mol. The average molecular weight is 299 g/mol. The molecule has 0 aliphatic rings. The molecule has 0 saturated carbocycles. The van der Waals surface area contributed by atoms with Crippen molar-refractivity contribution >= 4 is 24.0 Å². The number of nitrogens with zero attached hydrogens (tertiary/aromatic N) is 1. The maximum absolute atomic E-state index is 11.9. The normalized spacial score (nSPS) is 10.2. The highest BCUT2D eigenvalue weighted by atomic mass is 35.5. The molecule has 0 aliphatic carbocycles. The van der Waals surface area contributed by atoms with Crippen LogP contribution in [0.4, 0.5) is 5.69 Å². The van der Waals surface area contributed by atoms with Crippen LogP contribution in [0.2, 0.25) is 0 Å². The van der Waals surface area contributed by atoms with E-state index in [0.717, 1.165) is 37.1 Å². The summed E-state index contributed by atoms with van der Waals surface area (Å²) in [5.74, 6) is 0.870. The number of carbonyl (C=O) groups excluding carboxylic acids is 1. The van der Waals surface area contributed by atoms with Crippen LogP contribution in [0.25, 0.3) is 0 Å². The van der Waals surface area contributed by atoms with Crippen LogP contribution >= 0.6 is 12.4 Å². The third-order valence-electron chi connectivity index (χ3n) is 3.36. The number of benzene rings is 1. The molecule has 3 nitrogen and oxygen atoms in total. The van der Waals surface area contributed by atoms with E-state index in [9.17, 15) is 4.79 Å². The highest BCUT2D eigenvalue weighted by Crippen LogP contribution is 2.14. The molecule has 0 atom stereocenters. The maximum Gasteiger partial charge on any atom is 0.222 e. The fourth-order valence-corrected chi connectivity index (χ4v) is 1.96. The fourth-order valence-electron chi connectivity index (χ4n) is 1.96. The maximum atomic E-state index is 11.9. The van der Waals surface area contributed by atoms with Crippen LogP contribution in [0.1, 0.15) is 38.7 Å². The Bertz CT molecular complexity index is 407. The average Bonchev–Trinajstić information content (AvgIpc) is 2.38. The Labute approximate surface area is 128 Å². The van der Waals surface area contributed by atoms with Crippen molar-refractivity contribution in [3.05, 3.63) is 29.8 Å². The highest BCUT2D eigenvalue weighted by molar-refractivity contribution is 5.85. The molecule has 0 spiro atoms. The van der Waals surface area contributed by atoms with E-state index in [1.807, 2.05) is 36.2 Å². The largest absolute Gasteiger partial charge is 0.399 e. The zero-order valence-electron chi connectivity index (χ0n) is 12.8. The van der Waals surface area contributed by atoms with Gasteiger partial charge in [-0.1, -0.05) is 32.0 Å². The first kappa shape index (κ1) is 18.8. The van der Waals surface area contributed by atoms with Gasteiger partial charge in [-0.15, -0.1) is 12.4 Å². The van der Waals surface area contributed by atoms with Crippen molar-refractivity contribution in [2.45, 2.75) is 39.5 Å². The second kappa shape index (κ2) is 9.65. The third kappa shape index (κ3) is 6.80. The first-order valence-corrected chi connectivity index (χ1v) is 7.08. The molecule has 0 saturated heterocycles. The summed E-state index contributed by atoms with van der Waals surface area (Å²) in [7, 11) is 1.89. The van der Waals surface area contributed by atoms with Crippen molar-refractivity contribution in [3.63, 3.8) is 0 Å². The molecule has 20 heavy (non-hydrogen) atoms. The van der Waals surface area contributed by atoms with Crippen LogP contribution in [-0.4, -0.2) is 24.4 Å². The molecular formula is C16H27ClN2O. The molecule has 0 radical (unpaired) electrons. The van der Waals surface area contributed by atoms with E-state index >= 15 is 0 Å². The lowest BCUT2D eigenvalue weighted by atomic mass is 10.1. The molecule has 1 aromatic carbocycles. The van der Waals surface area contributed by atoms with Crippen LogP contribution in [0, 0.1) is 5.92 Å². The second-order valence-corrected chi connectivity index (χ2v) is 5.55. The number of nitrogen functional groups attached to an aromatic ring is 1. The molecule has 4 heteroatoms. The first-order valence-electron chi connectivity index (χ1n) is 7.08. The Kier molecular flexibility index (Phi) is 9.06. The van der Waals surface area contributed by atoms with Gasteiger partial charge in [-0.2, -0.15) is 0 Å². The summed E-state index contributed by atoms with van der Waals surface area (Å²) in [4.78, 5) is 13.8. The zero-order valence-corrected chi connectivity index (χ0v) is 13.6. The molecule has 1 amide bonds. The Balaban J connectivity index is 0.00000361. The molecule has 0 aromatic heterocycles. The number of nitrogens with two attached hydrogens (primary N) is 1. The lowest BCUT2D eigenvalue weighted by Crippen LogP contribution is -2.28. The number of para-hydroxylation sites is 1. The molecule has 0 bridgehead atoms. The predicted octanol–water partition coefficient (Wildman–Crippen LogP) is 3.52. The summed E-state index contributed by atoms with van der Waals surface area (Å²) in [5.41, 5.74) is 7.84. The minimum absolute atomic E-state index is 0. The number of rotatable bonds is 7. The highest BCUT2D eigenvalue weighted by Gasteiger charge is 2.09. The van der Waals surface area contributed by atoms with E-state index in [1.165, 1.54) is 0 Å². The summed E-state index contributed by atoms with van der Waals surface area (Å²) in [6.07, 6.45) is 3.40. The number of carbonyl (C=O) groups is 1. The number of anilines is 1. The van der Waals surface area contributed by atoms with E-state index in [-0.39, 0.29) is 18.3 Å². The predicted molar refractivity (Wildman–Crippen MR) is 88.1 cm³/mol. The van der Waals surface area contributed by atoms with Crippen molar-refractivity contribution in [2.24, 2.45) is 5.92 Å². The van der Waals surface area contributed by atoms with Crippen LogP contribution in [0.3, 0.4) is 0 Å². The lowest BCUT2D eigenvalue weighted by Gasteiger charge is -2.18. The summed E-state index contributed by atoms with van der Waals surface area (Å²) in [5, 5.41) is 0. The van der Waals surface area contributed by atoms with Crippen molar-refractivity contribution in [3.8, 4) is 0 Å². The van der Waals surface area contributed by atoms with Crippen molar-refractivity contribution in [1.29, 1.82) is 0 Å². The van der Waals surface area contributed by atoms with E-state index < -0.39 is 0 Å². The van der Waals surface area contributed by atoms with Crippen LogP contribution in [0.5, 0.6) is 0 Å². The molecule has 0 heterocycles. The monoisotopic (exact) mass is 298 g/mol. The van der Waals surface area contributed by atoms with Crippen molar-refractivity contribution in [1.82, 2.24) is 4.90 Å². The third-order valence-corrected chi connectivity index (χ3v) is 3.36. The molecule has 0 fully saturated rings. The van der Waals surface area contributed by atoms with Gasteiger partial charge in [0.15, 0.2) is 0 Å². The quantitative estimate of drug-likeness (QED) is 0.783. The van der Waals surface area contributed by atoms with Gasteiger partial charge < -0.3 is 10.6 Å². The number of halogens is 1. The first-order chi connectivity index (χ1) is 9.00. The smallest absolute Gasteiger partial charge is 0.222 e.